The van der Waals surface area contributed by atoms with Gasteiger partial charge in [0, 0.05) is 0 Å². The molecule has 2 aromatic carbocycles. The molecule has 7 heteroatoms. The molecule has 3 N–H and O–H groups in total. The van der Waals surface area contributed by atoms with Crippen LogP contribution in [-0.2, 0) is 9.36 Å². The molecule has 0 bridgehead atoms. The molecule has 0 saturated carbocycles. The Labute approximate surface area is 135 Å². The van der Waals surface area contributed by atoms with Crippen molar-refractivity contribution in [2.75, 3.05) is 6.54 Å². The third-order valence-corrected chi connectivity index (χ3v) is 4.99. The van der Waals surface area contributed by atoms with E-state index in [4.69, 9.17) is 14.8 Å². The molecule has 122 valence electrons. The molecule has 0 aliphatic carbocycles. The SMILES string of the molecule is C[C@H](NC(=O)CN)P(=O)(Oc1ccccc1)Oc1ccccc1. The first kappa shape index (κ1) is 17.1. The van der Waals surface area contributed by atoms with E-state index in [9.17, 15) is 9.36 Å². The van der Waals surface area contributed by atoms with Crippen LogP contribution in [0.5, 0.6) is 11.5 Å². The summed E-state index contributed by atoms with van der Waals surface area (Å²) >= 11 is 0. The van der Waals surface area contributed by atoms with Gasteiger partial charge in [0.2, 0.25) is 5.91 Å². The molecule has 0 radical (unpaired) electrons. The molecule has 0 aromatic heterocycles. The number of hydrogen-bond acceptors (Lipinski definition) is 5. The lowest BCUT2D eigenvalue weighted by molar-refractivity contribution is -0.119. The highest BCUT2D eigenvalue weighted by atomic mass is 31.2. The Kier molecular flexibility index (Phi) is 5.79. The lowest BCUT2D eigenvalue weighted by Gasteiger charge is -2.25. The molecular formula is C16H19N2O4P. The molecule has 0 unspecified atom stereocenters. The first-order valence-corrected chi connectivity index (χ1v) is 8.73. The van der Waals surface area contributed by atoms with Crippen molar-refractivity contribution < 1.29 is 18.4 Å². The highest BCUT2D eigenvalue weighted by Gasteiger charge is 2.37. The number of benzene rings is 2. The van der Waals surface area contributed by atoms with Gasteiger partial charge >= 0.3 is 7.60 Å². The minimum Gasteiger partial charge on any atom is -0.415 e. The van der Waals surface area contributed by atoms with Crippen LogP contribution < -0.4 is 20.1 Å². The molecule has 0 fully saturated rings. The van der Waals surface area contributed by atoms with Gasteiger partial charge in [-0.25, -0.2) is 4.57 Å². The fraction of sp³-hybridized carbons (Fsp3) is 0.188. The second-order valence-electron chi connectivity index (χ2n) is 4.80. The van der Waals surface area contributed by atoms with Gasteiger partial charge in [-0.15, -0.1) is 0 Å². The number of hydrogen-bond donors (Lipinski definition) is 2. The monoisotopic (exact) mass is 334 g/mol. The van der Waals surface area contributed by atoms with Crippen LogP contribution in [-0.4, -0.2) is 18.2 Å². The fourth-order valence-corrected chi connectivity index (χ4v) is 3.29. The lowest BCUT2D eigenvalue weighted by Crippen LogP contribution is -2.38. The Morgan fingerprint density at radius 1 is 1.04 bits per heavy atom. The summed E-state index contributed by atoms with van der Waals surface area (Å²) in [5, 5.41) is 2.53. The van der Waals surface area contributed by atoms with Crippen LogP contribution in [0, 0.1) is 0 Å². The van der Waals surface area contributed by atoms with Gasteiger partial charge in [-0.05, 0) is 31.2 Å². The van der Waals surface area contributed by atoms with Crippen molar-refractivity contribution in [1.29, 1.82) is 0 Å². The number of nitrogens with one attached hydrogen (secondary N) is 1. The zero-order valence-corrected chi connectivity index (χ0v) is 13.6. The highest BCUT2D eigenvalue weighted by Crippen LogP contribution is 2.51. The van der Waals surface area contributed by atoms with E-state index in [1.54, 1.807) is 55.5 Å². The van der Waals surface area contributed by atoms with Gasteiger partial charge in [-0.1, -0.05) is 36.4 Å². The van der Waals surface area contributed by atoms with Gasteiger partial charge in [0.25, 0.3) is 0 Å². The zero-order valence-electron chi connectivity index (χ0n) is 12.7. The van der Waals surface area contributed by atoms with Gasteiger partial charge in [0.1, 0.15) is 11.5 Å². The van der Waals surface area contributed by atoms with E-state index in [1.807, 2.05) is 12.1 Å². The van der Waals surface area contributed by atoms with E-state index in [2.05, 4.69) is 5.32 Å². The Hall–Kier alpha value is -2.30. The van der Waals surface area contributed by atoms with Crippen LogP contribution in [0.15, 0.2) is 60.7 Å². The van der Waals surface area contributed by atoms with Crippen molar-refractivity contribution in [1.82, 2.24) is 5.32 Å². The molecule has 1 amide bonds. The minimum absolute atomic E-state index is 0.207. The smallest absolute Gasteiger partial charge is 0.415 e. The van der Waals surface area contributed by atoms with E-state index in [1.165, 1.54) is 0 Å². The average Bonchev–Trinajstić information content (AvgIpc) is 2.56. The summed E-state index contributed by atoms with van der Waals surface area (Å²) in [5.41, 5.74) is 5.29. The molecule has 23 heavy (non-hydrogen) atoms. The number of rotatable bonds is 7. The van der Waals surface area contributed by atoms with Crippen LogP contribution in [0.2, 0.25) is 0 Å². The number of carbonyl (C=O) groups excluding carboxylic acids is 1. The third-order valence-electron chi connectivity index (χ3n) is 2.98. The van der Waals surface area contributed by atoms with Gasteiger partial charge in [0.05, 0.1) is 6.54 Å². The maximum absolute atomic E-state index is 13.2. The second-order valence-corrected chi connectivity index (χ2v) is 7.02. The summed E-state index contributed by atoms with van der Waals surface area (Å²) in [7, 11) is -3.71. The van der Waals surface area contributed by atoms with Crippen molar-refractivity contribution >= 4 is 13.5 Å². The molecule has 0 heterocycles. The number of nitrogens with two attached hydrogens (primary N) is 1. The number of carbonyl (C=O) groups is 1. The maximum atomic E-state index is 13.2. The summed E-state index contributed by atoms with van der Waals surface area (Å²) in [4.78, 5) is 11.5. The van der Waals surface area contributed by atoms with E-state index in [0.29, 0.717) is 11.5 Å². The minimum atomic E-state index is -3.71. The fourth-order valence-electron chi connectivity index (χ4n) is 1.80. The summed E-state index contributed by atoms with van der Waals surface area (Å²) < 4.78 is 24.4. The van der Waals surface area contributed by atoms with Crippen molar-refractivity contribution in [2.45, 2.75) is 12.7 Å². The van der Waals surface area contributed by atoms with Crippen molar-refractivity contribution in [3.8, 4) is 11.5 Å². The lowest BCUT2D eigenvalue weighted by atomic mass is 10.3. The molecule has 2 aromatic rings. The van der Waals surface area contributed by atoms with E-state index >= 15 is 0 Å². The van der Waals surface area contributed by atoms with E-state index in [-0.39, 0.29) is 6.54 Å². The predicted molar refractivity (Wildman–Crippen MR) is 88.4 cm³/mol. The first-order valence-electron chi connectivity index (χ1n) is 7.12. The Bertz CT molecular complexity index is 633. The Balaban J connectivity index is 2.25. The second kappa shape index (κ2) is 7.81. The number of para-hydroxylation sites is 2. The predicted octanol–water partition coefficient (Wildman–Crippen LogP) is 2.76. The number of amides is 1. The highest BCUT2D eigenvalue weighted by molar-refractivity contribution is 7.55. The average molecular weight is 334 g/mol. The van der Waals surface area contributed by atoms with E-state index in [0.717, 1.165) is 0 Å². The molecule has 6 nitrogen and oxygen atoms in total. The normalized spacial score (nSPS) is 12.3. The molecule has 1 atom stereocenters. The molecule has 0 saturated heterocycles. The molecule has 2 rings (SSSR count). The molecule has 0 spiro atoms. The van der Waals surface area contributed by atoms with Gasteiger partial charge in [-0.2, -0.15) is 0 Å². The van der Waals surface area contributed by atoms with Crippen LogP contribution in [0.4, 0.5) is 0 Å². The molecular weight excluding hydrogens is 315 g/mol. The van der Waals surface area contributed by atoms with Gasteiger partial charge in [0.15, 0.2) is 5.78 Å². The Morgan fingerprint density at radius 2 is 1.48 bits per heavy atom. The maximum Gasteiger partial charge on any atom is 0.452 e. The summed E-state index contributed by atoms with van der Waals surface area (Å²) in [6.45, 7) is 1.35. The van der Waals surface area contributed by atoms with Crippen LogP contribution >= 0.6 is 7.60 Å². The van der Waals surface area contributed by atoms with Gasteiger partial charge < -0.3 is 20.1 Å². The van der Waals surface area contributed by atoms with Crippen molar-refractivity contribution in [2.24, 2.45) is 5.73 Å². The first-order chi connectivity index (χ1) is 11.0. The van der Waals surface area contributed by atoms with Crippen LogP contribution in [0.25, 0.3) is 0 Å². The topological polar surface area (TPSA) is 90.7 Å². The standard InChI is InChI=1S/C16H19N2O4P/c1-13(18-16(19)12-17)23(20,21-14-8-4-2-5-9-14)22-15-10-6-3-7-11-15/h2-11,13H,12,17H2,1H3,(H,18,19)/t13-/m1/s1. The summed E-state index contributed by atoms with van der Waals surface area (Å²) in [5.74, 6) is -0.522. The van der Waals surface area contributed by atoms with Crippen molar-refractivity contribution in [3.63, 3.8) is 0 Å². The van der Waals surface area contributed by atoms with Crippen LogP contribution in [0.1, 0.15) is 6.92 Å². The Morgan fingerprint density at radius 3 is 1.87 bits per heavy atom. The molecule has 0 aliphatic heterocycles. The summed E-state index contributed by atoms with van der Waals surface area (Å²) in [6.07, 6.45) is 0. The zero-order chi connectivity index (χ0) is 16.7. The van der Waals surface area contributed by atoms with E-state index < -0.39 is 19.3 Å². The van der Waals surface area contributed by atoms with Gasteiger partial charge in [-0.3, -0.25) is 4.79 Å². The quantitative estimate of drug-likeness (QED) is 0.760. The largest absolute Gasteiger partial charge is 0.452 e. The summed E-state index contributed by atoms with van der Waals surface area (Å²) in [6, 6.07) is 17.3. The van der Waals surface area contributed by atoms with Crippen molar-refractivity contribution in [3.05, 3.63) is 60.7 Å². The third kappa shape index (κ3) is 4.84. The molecule has 0 aliphatic rings. The van der Waals surface area contributed by atoms with Crippen LogP contribution in [0.3, 0.4) is 0 Å².